The van der Waals surface area contributed by atoms with Gasteiger partial charge in [0.05, 0.1) is 19.6 Å². The summed E-state index contributed by atoms with van der Waals surface area (Å²) in [4.78, 5) is 0. The van der Waals surface area contributed by atoms with E-state index in [9.17, 15) is 8.42 Å². The minimum absolute atomic E-state index is 0.108. The lowest BCUT2D eigenvalue weighted by Gasteiger charge is -2.23. The number of benzene rings is 2. The van der Waals surface area contributed by atoms with Crippen molar-refractivity contribution >= 4 is 21.0 Å². The van der Waals surface area contributed by atoms with E-state index in [2.05, 4.69) is 4.72 Å². The number of nitrogens with zero attached hydrogens (tertiary/aromatic N) is 2. The van der Waals surface area contributed by atoms with Crippen molar-refractivity contribution in [1.82, 2.24) is 9.03 Å². The lowest BCUT2D eigenvalue weighted by molar-refractivity contribution is 0.384. The first-order valence-corrected chi connectivity index (χ1v) is 8.99. The molecule has 7 heteroatoms. The summed E-state index contributed by atoms with van der Waals surface area (Å²) in [6.45, 7) is 1.80. The fourth-order valence-electron chi connectivity index (χ4n) is 2.45. The summed E-state index contributed by atoms with van der Waals surface area (Å²) in [5, 5.41) is 10.7. The largest absolute Gasteiger partial charge is 0.496 e. The highest BCUT2D eigenvalue weighted by atomic mass is 32.2. The summed E-state index contributed by atoms with van der Waals surface area (Å²) >= 11 is 0. The zero-order valence-corrected chi connectivity index (χ0v) is 14.8. The highest BCUT2D eigenvalue weighted by molar-refractivity contribution is 7.87. The summed E-state index contributed by atoms with van der Waals surface area (Å²) in [6.07, 6.45) is 0.134. The van der Waals surface area contributed by atoms with Gasteiger partial charge in [-0.2, -0.15) is 22.7 Å². The van der Waals surface area contributed by atoms with Crippen LogP contribution in [0.4, 0.5) is 0 Å². The average Bonchev–Trinajstić information content (AvgIpc) is 2.58. The number of nitrogens with one attached hydrogen (secondary N) is 1. The summed E-state index contributed by atoms with van der Waals surface area (Å²) in [5.41, 5.74) is 0.778. The van der Waals surface area contributed by atoms with Gasteiger partial charge in [0.15, 0.2) is 0 Å². The Kier molecular flexibility index (Phi) is 5.78. The maximum Gasteiger partial charge on any atom is 0.279 e. The standard InChI is InChI=1S/C17H21N3O3S/c1-13(10-11-18)20(2)24(21,22)19-12-16-15-7-5-4-6-14(15)8-9-17(16)23-3/h4-9,13,19H,10,12H2,1-3H3/t13-/m0/s1. The quantitative estimate of drug-likeness (QED) is 0.834. The predicted molar refractivity (Wildman–Crippen MR) is 93.7 cm³/mol. The molecule has 0 aliphatic heterocycles. The zero-order valence-electron chi connectivity index (χ0n) is 14.0. The molecule has 0 aromatic heterocycles. The van der Waals surface area contributed by atoms with Gasteiger partial charge >= 0.3 is 0 Å². The van der Waals surface area contributed by atoms with Crippen LogP contribution in [0.1, 0.15) is 18.9 Å². The van der Waals surface area contributed by atoms with Crippen LogP contribution in [0.5, 0.6) is 5.75 Å². The third-order valence-electron chi connectivity index (χ3n) is 4.04. The molecule has 0 bridgehead atoms. The maximum atomic E-state index is 12.4. The van der Waals surface area contributed by atoms with E-state index in [1.54, 1.807) is 14.0 Å². The van der Waals surface area contributed by atoms with Crippen molar-refractivity contribution in [3.05, 3.63) is 42.0 Å². The van der Waals surface area contributed by atoms with Crippen LogP contribution in [0, 0.1) is 11.3 Å². The van der Waals surface area contributed by atoms with Crippen molar-refractivity contribution < 1.29 is 13.2 Å². The van der Waals surface area contributed by atoms with Gasteiger partial charge in [-0.05, 0) is 23.8 Å². The molecule has 2 rings (SSSR count). The van der Waals surface area contributed by atoms with Crippen LogP contribution in [-0.2, 0) is 16.8 Å². The predicted octanol–water partition coefficient (Wildman–Crippen LogP) is 2.42. The van der Waals surface area contributed by atoms with Crippen molar-refractivity contribution in [2.24, 2.45) is 0 Å². The van der Waals surface area contributed by atoms with Gasteiger partial charge in [-0.3, -0.25) is 0 Å². The van der Waals surface area contributed by atoms with Crippen molar-refractivity contribution in [2.75, 3.05) is 14.2 Å². The van der Waals surface area contributed by atoms with E-state index >= 15 is 0 Å². The summed E-state index contributed by atoms with van der Waals surface area (Å²) < 4.78 is 34.0. The third-order valence-corrected chi connectivity index (χ3v) is 5.66. The minimum atomic E-state index is -3.70. The molecule has 0 saturated carbocycles. The molecule has 2 aromatic rings. The Morgan fingerprint density at radius 3 is 2.67 bits per heavy atom. The Morgan fingerprint density at radius 2 is 2.00 bits per heavy atom. The maximum absolute atomic E-state index is 12.4. The average molecular weight is 347 g/mol. The van der Waals surface area contributed by atoms with E-state index in [-0.39, 0.29) is 13.0 Å². The molecular weight excluding hydrogens is 326 g/mol. The van der Waals surface area contributed by atoms with Crippen molar-refractivity contribution in [1.29, 1.82) is 5.26 Å². The highest BCUT2D eigenvalue weighted by Gasteiger charge is 2.23. The van der Waals surface area contributed by atoms with Crippen LogP contribution in [0.15, 0.2) is 36.4 Å². The van der Waals surface area contributed by atoms with E-state index in [0.717, 1.165) is 16.3 Å². The molecule has 128 valence electrons. The molecule has 0 saturated heterocycles. The van der Waals surface area contributed by atoms with Gasteiger partial charge in [-0.15, -0.1) is 0 Å². The summed E-state index contributed by atoms with van der Waals surface area (Å²) in [7, 11) is -0.675. The van der Waals surface area contributed by atoms with E-state index in [0.29, 0.717) is 5.75 Å². The van der Waals surface area contributed by atoms with Crippen LogP contribution in [0.3, 0.4) is 0 Å². The van der Waals surface area contributed by atoms with Crippen molar-refractivity contribution in [3.63, 3.8) is 0 Å². The highest BCUT2D eigenvalue weighted by Crippen LogP contribution is 2.28. The fraction of sp³-hybridized carbons (Fsp3) is 0.353. The van der Waals surface area contributed by atoms with E-state index in [1.807, 2.05) is 42.5 Å². The monoisotopic (exact) mass is 347 g/mol. The van der Waals surface area contributed by atoms with Crippen LogP contribution in [-0.4, -0.2) is 32.9 Å². The number of hydrogen-bond acceptors (Lipinski definition) is 4. The molecule has 0 spiro atoms. The SMILES string of the molecule is COc1ccc2ccccc2c1CNS(=O)(=O)N(C)[C@@H](C)CC#N. The lowest BCUT2D eigenvalue weighted by Crippen LogP contribution is -2.42. The normalized spacial score (nSPS) is 13.0. The number of methoxy groups -OCH3 is 1. The van der Waals surface area contributed by atoms with Gasteiger partial charge in [0, 0.05) is 25.2 Å². The number of hydrogen-bond donors (Lipinski definition) is 1. The molecule has 0 radical (unpaired) electrons. The van der Waals surface area contributed by atoms with E-state index in [4.69, 9.17) is 10.00 Å². The van der Waals surface area contributed by atoms with E-state index in [1.165, 1.54) is 11.4 Å². The minimum Gasteiger partial charge on any atom is -0.496 e. The van der Waals surface area contributed by atoms with Crippen LogP contribution in [0.2, 0.25) is 0 Å². The molecule has 0 heterocycles. The first kappa shape index (κ1) is 18.2. The zero-order chi connectivity index (χ0) is 17.7. The smallest absolute Gasteiger partial charge is 0.279 e. The van der Waals surface area contributed by atoms with Crippen LogP contribution < -0.4 is 9.46 Å². The van der Waals surface area contributed by atoms with Gasteiger partial charge in [-0.1, -0.05) is 30.3 Å². The van der Waals surface area contributed by atoms with Gasteiger partial charge in [0.25, 0.3) is 10.2 Å². The van der Waals surface area contributed by atoms with Gasteiger partial charge in [0.2, 0.25) is 0 Å². The molecule has 0 unspecified atom stereocenters. The molecule has 0 fully saturated rings. The second kappa shape index (κ2) is 7.62. The topological polar surface area (TPSA) is 82.4 Å². The fourth-order valence-corrected chi connectivity index (χ4v) is 3.53. The first-order chi connectivity index (χ1) is 11.4. The molecular formula is C17H21N3O3S. The molecule has 24 heavy (non-hydrogen) atoms. The molecule has 6 nitrogen and oxygen atoms in total. The van der Waals surface area contributed by atoms with E-state index < -0.39 is 16.3 Å². The molecule has 0 aliphatic carbocycles. The molecule has 1 atom stereocenters. The summed E-state index contributed by atoms with van der Waals surface area (Å²) in [6, 6.07) is 13.1. The molecule has 0 amide bonds. The molecule has 1 N–H and O–H groups in total. The Labute approximate surface area is 142 Å². The number of fused-ring (bicyclic) bond motifs is 1. The number of rotatable bonds is 7. The van der Waals surface area contributed by atoms with Crippen LogP contribution >= 0.6 is 0 Å². The Balaban J connectivity index is 2.29. The number of nitriles is 1. The van der Waals surface area contributed by atoms with Crippen LogP contribution in [0.25, 0.3) is 10.8 Å². The Bertz CT molecular complexity index is 859. The second-order valence-electron chi connectivity index (χ2n) is 5.52. The molecule has 0 aliphatic rings. The Hall–Kier alpha value is -2.14. The van der Waals surface area contributed by atoms with Crippen molar-refractivity contribution in [3.8, 4) is 11.8 Å². The lowest BCUT2D eigenvalue weighted by atomic mass is 10.0. The second-order valence-corrected chi connectivity index (χ2v) is 7.34. The van der Waals surface area contributed by atoms with Crippen molar-refractivity contribution in [2.45, 2.75) is 25.9 Å². The summed E-state index contributed by atoms with van der Waals surface area (Å²) in [5.74, 6) is 0.629. The van der Waals surface area contributed by atoms with Gasteiger partial charge < -0.3 is 4.74 Å². The van der Waals surface area contributed by atoms with Gasteiger partial charge in [0.1, 0.15) is 5.75 Å². The third kappa shape index (κ3) is 3.85. The number of ether oxygens (including phenoxy) is 1. The van der Waals surface area contributed by atoms with Gasteiger partial charge in [-0.25, -0.2) is 0 Å². The molecule has 2 aromatic carbocycles. The first-order valence-electron chi connectivity index (χ1n) is 7.55. The Morgan fingerprint density at radius 1 is 1.29 bits per heavy atom.